The number of ketones is 1. The highest BCUT2D eigenvalue weighted by molar-refractivity contribution is 9.10. The minimum Gasteiger partial charge on any atom is -0.383 e. The Morgan fingerprint density at radius 3 is 2.70 bits per heavy atom. The number of hydrogen-bond donors (Lipinski definition) is 0. The molecule has 0 radical (unpaired) electrons. The van der Waals surface area contributed by atoms with E-state index in [2.05, 4.69) is 27.4 Å². The number of aromatic nitrogens is 1. The molecule has 1 aromatic carbocycles. The van der Waals surface area contributed by atoms with Crippen LogP contribution in [-0.2, 0) is 4.74 Å². The van der Waals surface area contributed by atoms with Gasteiger partial charge in [0.05, 0.1) is 18.4 Å². The van der Waals surface area contributed by atoms with E-state index in [1.807, 2.05) is 44.2 Å². The van der Waals surface area contributed by atoms with Crippen LogP contribution in [0, 0.1) is 13.8 Å². The maximum absolute atomic E-state index is 12.6. The number of carbonyl (C=O) groups is 1. The number of carbonyl (C=O) groups excluding carboxylic acids is 1. The molecular formula is C18H22BrNO2S. The van der Waals surface area contributed by atoms with Gasteiger partial charge in [-0.3, -0.25) is 4.79 Å². The van der Waals surface area contributed by atoms with Gasteiger partial charge in [0.25, 0.3) is 0 Å². The summed E-state index contributed by atoms with van der Waals surface area (Å²) in [5, 5.41) is 0. The van der Waals surface area contributed by atoms with Crippen molar-refractivity contribution in [3.8, 4) is 0 Å². The van der Waals surface area contributed by atoms with Crippen LogP contribution >= 0.6 is 27.7 Å². The molecule has 0 saturated carbocycles. The topological polar surface area (TPSA) is 31.2 Å². The Labute approximate surface area is 150 Å². The van der Waals surface area contributed by atoms with Gasteiger partial charge in [0, 0.05) is 33.4 Å². The molecule has 0 saturated heterocycles. The summed E-state index contributed by atoms with van der Waals surface area (Å²) in [5.74, 6) is 0.598. The lowest BCUT2D eigenvalue weighted by Gasteiger charge is -2.17. The van der Waals surface area contributed by atoms with Crippen molar-refractivity contribution in [2.45, 2.75) is 31.7 Å². The zero-order chi connectivity index (χ0) is 17.0. The SMILES string of the molecule is COCC(C)n1c(C)cc(C(=O)CSc2ccccc2Br)c1C. The summed E-state index contributed by atoms with van der Waals surface area (Å²) in [5.41, 5.74) is 2.93. The van der Waals surface area contributed by atoms with Gasteiger partial charge in [-0.2, -0.15) is 0 Å². The summed E-state index contributed by atoms with van der Waals surface area (Å²) in [6.45, 7) is 6.79. The highest BCUT2D eigenvalue weighted by Gasteiger charge is 2.19. The van der Waals surface area contributed by atoms with Gasteiger partial charge in [-0.05, 0) is 54.9 Å². The Hall–Kier alpha value is -1.04. The molecule has 0 aliphatic carbocycles. The molecule has 1 heterocycles. The van der Waals surface area contributed by atoms with Gasteiger partial charge in [-0.25, -0.2) is 0 Å². The molecule has 2 aromatic rings. The second-order valence-electron chi connectivity index (χ2n) is 5.60. The molecule has 5 heteroatoms. The van der Waals surface area contributed by atoms with Crippen LogP contribution in [0.15, 0.2) is 39.7 Å². The molecule has 0 aliphatic rings. The van der Waals surface area contributed by atoms with E-state index in [0.29, 0.717) is 12.4 Å². The van der Waals surface area contributed by atoms with Crippen LogP contribution in [-0.4, -0.2) is 29.8 Å². The lowest BCUT2D eigenvalue weighted by atomic mass is 10.2. The second-order valence-corrected chi connectivity index (χ2v) is 7.47. The Morgan fingerprint density at radius 1 is 1.35 bits per heavy atom. The van der Waals surface area contributed by atoms with Crippen LogP contribution in [0.4, 0.5) is 0 Å². The van der Waals surface area contributed by atoms with Crippen molar-refractivity contribution in [2.75, 3.05) is 19.5 Å². The number of Topliss-reactive ketones (excluding diaryl/α,β-unsaturated/α-hetero) is 1. The Kier molecular flexibility index (Phi) is 6.50. The first-order valence-electron chi connectivity index (χ1n) is 7.53. The fourth-order valence-corrected chi connectivity index (χ4v) is 4.29. The monoisotopic (exact) mass is 395 g/mol. The largest absolute Gasteiger partial charge is 0.383 e. The van der Waals surface area contributed by atoms with Crippen molar-refractivity contribution in [3.63, 3.8) is 0 Å². The number of nitrogens with zero attached hydrogens (tertiary/aromatic N) is 1. The predicted molar refractivity (Wildman–Crippen MR) is 99.7 cm³/mol. The van der Waals surface area contributed by atoms with Crippen molar-refractivity contribution in [1.29, 1.82) is 0 Å². The van der Waals surface area contributed by atoms with E-state index in [0.717, 1.165) is 26.3 Å². The van der Waals surface area contributed by atoms with E-state index >= 15 is 0 Å². The smallest absolute Gasteiger partial charge is 0.174 e. The lowest BCUT2D eigenvalue weighted by Crippen LogP contribution is -2.14. The lowest BCUT2D eigenvalue weighted by molar-refractivity contribution is 0.102. The normalized spacial score (nSPS) is 12.4. The number of thioether (sulfide) groups is 1. The third-order valence-electron chi connectivity index (χ3n) is 3.83. The number of methoxy groups -OCH3 is 1. The fourth-order valence-electron chi connectivity index (χ4n) is 2.84. The summed E-state index contributed by atoms with van der Waals surface area (Å²) in [7, 11) is 1.70. The molecule has 1 unspecified atom stereocenters. The van der Waals surface area contributed by atoms with Gasteiger partial charge in [0.1, 0.15) is 0 Å². The summed E-state index contributed by atoms with van der Waals surface area (Å²) >= 11 is 5.08. The van der Waals surface area contributed by atoms with E-state index in [4.69, 9.17) is 4.74 Å². The molecule has 0 amide bonds. The number of halogens is 1. The van der Waals surface area contributed by atoms with E-state index in [9.17, 15) is 4.79 Å². The predicted octanol–water partition coefficient (Wildman–Crippen LogP) is 5.05. The average molecular weight is 396 g/mol. The summed E-state index contributed by atoms with van der Waals surface area (Å²) in [4.78, 5) is 13.7. The first kappa shape index (κ1) is 18.3. The fraction of sp³-hybridized carbons (Fsp3) is 0.389. The van der Waals surface area contributed by atoms with Crippen LogP contribution in [0.3, 0.4) is 0 Å². The van der Waals surface area contributed by atoms with E-state index in [1.165, 1.54) is 0 Å². The first-order chi connectivity index (χ1) is 11.0. The van der Waals surface area contributed by atoms with Crippen LogP contribution in [0.25, 0.3) is 0 Å². The van der Waals surface area contributed by atoms with Crippen LogP contribution in [0.5, 0.6) is 0 Å². The highest BCUT2D eigenvalue weighted by Crippen LogP contribution is 2.29. The minimum absolute atomic E-state index is 0.162. The van der Waals surface area contributed by atoms with Gasteiger partial charge in [0.15, 0.2) is 5.78 Å². The van der Waals surface area contributed by atoms with Crippen LogP contribution in [0.1, 0.15) is 34.7 Å². The quantitative estimate of drug-likeness (QED) is 0.485. The number of hydrogen-bond acceptors (Lipinski definition) is 3. The third kappa shape index (κ3) is 4.28. The van der Waals surface area contributed by atoms with E-state index in [1.54, 1.807) is 18.9 Å². The number of ether oxygens (including phenoxy) is 1. The summed E-state index contributed by atoms with van der Waals surface area (Å²) in [6.07, 6.45) is 0. The van der Waals surface area contributed by atoms with Crippen molar-refractivity contribution in [3.05, 3.63) is 51.8 Å². The molecule has 124 valence electrons. The second kappa shape index (κ2) is 8.18. The molecule has 0 spiro atoms. The van der Waals surface area contributed by atoms with E-state index < -0.39 is 0 Å². The Balaban J connectivity index is 2.14. The van der Waals surface area contributed by atoms with Crippen molar-refractivity contribution in [2.24, 2.45) is 0 Å². The van der Waals surface area contributed by atoms with Crippen molar-refractivity contribution < 1.29 is 9.53 Å². The first-order valence-corrected chi connectivity index (χ1v) is 9.31. The molecule has 2 rings (SSSR count). The number of aryl methyl sites for hydroxylation is 1. The van der Waals surface area contributed by atoms with Gasteiger partial charge < -0.3 is 9.30 Å². The van der Waals surface area contributed by atoms with Crippen LogP contribution in [0.2, 0.25) is 0 Å². The molecule has 0 aliphatic heterocycles. The zero-order valence-electron chi connectivity index (χ0n) is 13.9. The average Bonchev–Trinajstić information content (AvgIpc) is 2.81. The number of rotatable bonds is 7. The van der Waals surface area contributed by atoms with Gasteiger partial charge in [-0.1, -0.05) is 12.1 Å². The molecular weight excluding hydrogens is 374 g/mol. The molecule has 0 N–H and O–H groups in total. The zero-order valence-corrected chi connectivity index (χ0v) is 16.3. The van der Waals surface area contributed by atoms with Crippen molar-refractivity contribution in [1.82, 2.24) is 4.57 Å². The van der Waals surface area contributed by atoms with Crippen LogP contribution < -0.4 is 0 Å². The summed E-state index contributed by atoms with van der Waals surface area (Å²) < 4.78 is 8.45. The standard InChI is InChI=1S/C18H22BrNO2S/c1-12-9-15(14(3)20(12)13(2)10-22-4)17(21)11-23-18-8-6-5-7-16(18)19/h5-9,13H,10-11H2,1-4H3. The van der Waals surface area contributed by atoms with Gasteiger partial charge >= 0.3 is 0 Å². The van der Waals surface area contributed by atoms with Gasteiger partial charge in [0.2, 0.25) is 0 Å². The van der Waals surface area contributed by atoms with Crippen molar-refractivity contribution >= 4 is 33.5 Å². The molecule has 0 fully saturated rings. The molecule has 0 bridgehead atoms. The minimum atomic E-state index is 0.162. The summed E-state index contributed by atoms with van der Waals surface area (Å²) in [6, 6.07) is 10.2. The third-order valence-corrected chi connectivity index (χ3v) is 5.86. The Bertz CT molecular complexity index is 696. The maximum atomic E-state index is 12.6. The maximum Gasteiger partial charge on any atom is 0.174 e. The number of benzene rings is 1. The Morgan fingerprint density at radius 2 is 2.04 bits per heavy atom. The molecule has 23 heavy (non-hydrogen) atoms. The highest BCUT2D eigenvalue weighted by atomic mass is 79.9. The molecule has 1 aromatic heterocycles. The molecule has 3 nitrogen and oxygen atoms in total. The van der Waals surface area contributed by atoms with Gasteiger partial charge in [-0.15, -0.1) is 11.8 Å². The van der Waals surface area contributed by atoms with E-state index in [-0.39, 0.29) is 11.8 Å². The molecule has 1 atom stereocenters.